The van der Waals surface area contributed by atoms with E-state index in [0.717, 1.165) is 16.9 Å². The van der Waals surface area contributed by atoms with Crippen molar-refractivity contribution in [1.29, 1.82) is 0 Å². The van der Waals surface area contributed by atoms with E-state index in [9.17, 15) is 4.79 Å². The summed E-state index contributed by atoms with van der Waals surface area (Å²) in [7, 11) is 0. The molecule has 0 aliphatic heterocycles. The Morgan fingerprint density at radius 1 is 1.25 bits per heavy atom. The van der Waals surface area contributed by atoms with Gasteiger partial charge in [0.25, 0.3) is 0 Å². The van der Waals surface area contributed by atoms with Gasteiger partial charge in [0.15, 0.2) is 0 Å². The molecular weight excluding hydrogens is 250 g/mol. The third kappa shape index (κ3) is 4.23. The predicted octanol–water partition coefficient (Wildman–Crippen LogP) is 1.57. The Morgan fingerprint density at radius 2 is 2.15 bits per heavy atom. The maximum absolute atomic E-state index is 11.9. The molecule has 1 aromatic carbocycles. The summed E-state index contributed by atoms with van der Waals surface area (Å²) in [6, 6.07) is 12.9. The highest BCUT2D eigenvalue weighted by Gasteiger charge is 2.04. The molecule has 0 aliphatic carbocycles. The second-order valence-electron chi connectivity index (χ2n) is 4.13. The second kappa shape index (κ2) is 7.07. The van der Waals surface area contributed by atoms with Gasteiger partial charge in [-0.2, -0.15) is 0 Å². The Kier molecular flexibility index (Phi) is 4.87. The van der Waals surface area contributed by atoms with Crippen LogP contribution < -0.4 is 11.1 Å². The summed E-state index contributed by atoms with van der Waals surface area (Å²) in [5, 5.41) is 2.83. The maximum atomic E-state index is 11.9. The zero-order valence-corrected chi connectivity index (χ0v) is 11.0. The smallest absolute Gasteiger partial charge is 0.230 e. The molecule has 100 valence electrons. The van der Waals surface area contributed by atoms with Crippen LogP contribution in [-0.2, 0) is 11.2 Å². The third-order valence-electron chi connectivity index (χ3n) is 2.55. The van der Waals surface area contributed by atoms with Crippen LogP contribution in [0, 0.1) is 11.8 Å². The molecule has 20 heavy (non-hydrogen) atoms. The highest BCUT2D eigenvalue weighted by Crippen LogP contribution is 2.10. The number of carbonyl (C=O) groups is 1. The summed E-state index contributed by atoms with van der Waals surface area (Å²) in [6.45, 7) is 0.316. The predicted molar refractivity (Wildman–Crippen MR) is 78.9 cm³/mol. The summed E-state index contributed by atoms with van der Waals surface area (Å²) < 4.78 is 0. The van der Waals surface area contributed by atoms with Gasteiger partial charge in [-0.3, -0.25) is 9.78 Å². The third-order valence-corrected chi connectivity index (χ3v) is 2.55. The largest absolute Gasteiger partial charge is 0.326 e. The van der Waals surface area contributed by atoms with Gasteiger partial charge in [0, 0.05) is 23.1 Å². The fourth-order valence-electron chi connectivity index (χ4n) is 1.70. The van der Waals surface area contributed by atoms with Crippen molar-refractivity contribution < 1.29 is 4.79 Å². The molecule has 2 rings (SSSR count). The molecule has 0 aliphatic rings. The minimum Gasteiger partial charge on any atom is -0.326 e. The maximum Gasteiger partial charge on any atom is 0.230 e. The van der Waals surface area contributed by atoms with Gasteiger partial charge in [-0.15, -0.1) is 0 Å². The van der Waals surface area contributed by atoms with Gasteiger partial charge in [0.2, 0.25) is 5.91 Å². The van der Waals surface area contributed by atoms with Gasteiger partial charge in [-0.25, -0.2) is 0 Å². The van der Waals surface area contributed by atoms with Crippen molar-refractivity contribution in [3.05, 3.63) is 59.9 Å². The van der Waals surface area contributed by atoms with Crippen molar-refractivity contribution in [2.75, 3.05) is 11.9 Å². The van der Waals surface area contributed by atoms with E-state index in [1.165, 1.54) is 0 Å². The van der Waals surface area contributed by atoms with Crippen LogP contribution in [0.25, 0.3) is 0 Å². The minimum atomic E-state index is -0.104. The summed E-state index contributed by atoms with van der Waals surface area (Å²) in [4.78, 5) is 16.0. The molecule has 1 heterocycles. The Bertz CT molecular complexity index is 642. The number of aromatic nitrogens is 1. The van der Waals surface area contributed by atoms with Crippen molar-refractivity contribution in [2.24, 2.45) is 5.73 Å². The molecule has 4 heteroatoms. The number of amides is 1. The summed E-state index contributed by atoms with van der Waals surface area (Å²) >= 11 is 0. The number of nitrogens with one attached hydrogen (secondary N) is 1. The van der Waals surface area contributed by atoms with Crippen LogP contribution in [0.3, 0.4) is 0 Å². The molecule has 0 atom stereocenters. The van der Waals surface area contributed by atoms with Gasteiger partial charge in [-0.05, 0) is 30.3 Å². The molecule has 0 saturated carbocycles. The first kappa shape index (κ1) is 13.8. The number of hydrogen-bond acceptors (Lipinski definition) is 3. The molecule has 0 radical (unpaired) electrons. The molecule has 1 aromatic heterocycles. The molecule has 0 saturated heterocycles. The lowest BCUT2D eigenvalue weighted by molar-refractivity contribution is -0.115. The summed E-state index contributed by atoms with van der Waals surface area (Å²) in [6.07, 6.45) is 1.92. The van der Waals surface area contributed by atoms with E-state index in [4.69, 9.17) is 5.73 Å². The van der Waals surface area contributed by atoms with Crippen molar-refractivity contribution in [1.82, 2.24) is 4.98 Å². The van der Waals surface area contributed by atoms with E-state index in [0.29, 0.717) is 6.54 Å². The molecule has 4 nitrogen and oxygen atoms in total. The molecule has 2 aromatic rings. The average molecular weight is 265 g/mol. The molecule has 0 unspecified atom stereocenters. The first-order valence-corrected chi connectivity index (χ1v) is 6.26. The van der Waals surface area contributed by atoms with Crippen molar-refractivity contribution in [3.8, 4) is 11.8 Å². The van der Waals surface area contributed by atoms with Gasteiger partial charge >= 0.3 is 0 Å². The number of hydrogen-bond donors (Lipinski definition) is 2. The summed E-state index contributed by atoms with van der Waals surface area (Å²) in [5.41, 5.74) is 7.61. The normalized spacial score (nSPS) is 9.45. The highest BCUT2D eigenvalue weighted by molar-refractivity contribution is 5.92. The number of benzene rings is 1. The fraction of sp³-hybridized carbons (Fsp3) is 0.125. The van der Waals surface area contributed by atoms with E-state index in [-0.39, 0.29) is 12.3 Å². The summed E-state index contributed by atoms with van der Waals surface area (Å²) in [5.74, 6) is 5.60. The SMILES string of the molecule is NCC#Cc1cccc(NC(=O)Cc2ccccn2)c1. The van der Waals surface area contributed by atoms with Crippen LogP contribution in [0.2, 0.25) is 0 Å². The zero-order valence-electron chi connectivity index (χ0n) is 11.0. The van der Waals surface area contributed by atoms with Gasteiger partial charge in [0.05, 0.1) is 13.0 Å². The van der Waals surface area contributed by atoms with Crippen LogP contribution >= 0.6 is 0 Å². The monoisotopic (exact) mass is 265 g/mol. The number of anilines is 1. The Balaban J connectivity index is 2.01. The molecule has 0 bridgehead atoms. The number of nitrogens with zero attached hydrogens (tertiary/aromatic N) is 1. The first-order chi connectivity index (χ1) is 9.78. The number of carbonyl (C=O) groups excluding carboxylic acids is 1. The van der Waals surface area contributed by atoms with Gasteiger partial charge < -0.3 is 11.1 Å². The lowest BCUT2D eigenvalue weighted by Gasteiger charge is -2.05. The Morgan fingerprint density at radius 3 is 2.90 bits per heavy atom. The van der Waals surface area contributed by atoms with E-state index >= 15 is 0 Å². The van der Waals surface area contributed by atoms with E-state index in [2.05, 4.69) is 22.1 Å². The molecule has 1 amide bonds. The van der Waals surface area contributed by atoms with Gasteiger partial charge in [0.1, 0.15) is 0 Å². The molecular formula is C16H15N3O. The standard InChI is InChI=1S/C16H15N3O/c17-9-4-6-13-5-3-8-15(11-13)19-16(20)12-14-7-1-2-10-18-14/h1-3,5,7-8,10-11H,9,12,17H2,(H,19,20). The molecule has 0 spiro atoms. The van der Waals surface area contributed by atoms with E-state index in [1.807, 2.05) is 42.5 Å². The van der Waals surface area contributed by atoms with Crippen LogP contribution in [0.1, 0.15) is 11.3 Å². The van der Waals surface area contributed by atoms with E-state index in [1.54, 1.807) is 6.20 Å². The lowest BCUT2D eigenvalue weighted by Crippen LogP contribution is -2.15. The van der Waals surface area contributed by atoms with Crippen molar-refractivity contribution >= 4 is 11.6 Å². The zero-order chi connectivity index (χ0) is 14.2. The topological polar surface area (TPSA) is 68.0 Å². The minimum absolute atomic E-state index is 0.104. The van der Waals surface area contributed by atoms with E-state index < -0.39 is 0 Å². The number of pyridine rings is 1. The number of rotatable bonds is 3. The molecule has 3 N–H and O–H groups in total. The fourth-order valence-corrected chi connectivity index (χ4v) is 1.70. The highest BCUT2D eigenvalue weighted by atomic mass is 16.1. The van der Waals surface area contributed by atoms with Crippen LogP contribution in [0.5, 0.6) is 0 Å². The van der Waals surface area contributed by atoms with Crippen molar-refractivity contribution in [2.45, 2.75) is 6.42 Å². The van der Waals surface area contributed by atoms with Gasteiger partial charge in [-0.1, -0.05) is 24.0 Å². The Labute approximate surface area is 118 Å². The van der Waals surface area contributed by atoms with Crippen LogP contribution in [-0.4, -0.2) is 17.4 Å². The average Bonchev–Trinajstić information content (AvgIpc) is 2.46. The lowest BCUT2D eigenvalue weighted by atomic mass is 10.2. The first-order valence-electron chi connectivity index (χ1n) is 6.26. The van der Waals surface area contributed by atoms with Crippen LogP contribution in [0.15, 0.2) is 48.7 Å². The Hall–Kier alpha value is -2.64. The molecule has 0 fully saturated rings. The van der Waals surface area contributed by atoms with Crippen molar-refractivity contribution in [3.63, 3.8) is 0 Å². The quantitative estimate of drug-likeness (QED) is 0.828. The van der Waals surface area contributed by atoms with Crippen LogP contribution in [0.4, 0.5) is 5.69 Å². The number of nitrogens with two attached hydrogens (primary N) is 1. The second-order valence-corrected chi connectivity index (χ2v) is 4.13.